The van der Waals surface area contributed by atoms with Gasteiger partial charge in [0.25, 0.3) is 11.8 Å². The van der Waals surface area contributed by atoms with E-state index in [4.69, 9.17) is 9.52 Å². The number of benzene rings is 1. The van der Waals surface area contributed by atoms with Crippen molar-refractivity contribution < 1.29 is 14.0 Å². The molecule has 3 aromatic heterocycles. The molecule has 8 heteroatoms. The third kappa shape index (κ3) is 4.09. The van der Waals surface area contributed by atoms with Gasteiger partial charge in [-0.05, 0) is 29.1 Å². The predicted octanol–water partition coefficient (Wildman–Crippen LogP) is 3.85. The number of piperazine rings is 1. The Labute approximate surface area is 189 Å². The van der Waals surface area contributed by atoms with Gasteiger partial charge in [-0.15, -0.1) is 11.3 Å². The summed E-state index contributed by atoms with van der Waals surface area (Å²) >= 11 is 1.57. The number of carbonyl (C=O) groups is 2. The minimum atomic E-state index is -0.142. The second kappa shape index (κ2) is 8.84. The van der Waals surface area contributed by atoms with Gasteiger partial charge < -0.3 is 14.2 Å². The first-order valence-electron chi connectivity index (χ1n) is 10.5. The maximum absolute atomic E-state index is 13.4. The lowest BCUT2D eigenvalue weighted by Crippen LogP contribution is -2.50. The topological polar surface area (TPSA) is 71.6 Å². The van der Waals surface area contributed by atoms with Gasteiger partial charge in [0.05, 0.1) is 23.2 Å². The number of amides is 2. The summed E-state index contributed by atoms with van der Waals surface area (Å²) in [7, 11) is 0. The lowest BCUT2D eigenvalue weighted by molar-refractivity contribution is 0.0518. The Bertz CT molecular complexity index is 1190. The van der Waals surface area contributed by atoms with Crippen LogP contribution >= 0.6 is 11.3 Å². The van der Waals surface area contributed by atoms with E-state index in [9.17, 15) is 9.59 Å². The highest BCUT2D eigenvalue weighted by molar-refractivity contribution is 7.13. The smallest absolute Gasteiger partial charge is 0.289 e. The maximum atomic E-state index is 13.4. The average molecular weight is 447 g/mol. The fourth-order valence-electron chi connectivity index (χ4n) is 3.86. The molecule has 0 atom stereocenters. The summed E-state index contributed by atoms with van der Waals surface area (Å²) in [5, 5.41) is 6.73. The zero-order chi connectivity index (χ0) is 21.9. The summed E-state index contributed by atoms with van der Waals surface area (Å²) in [5.74, 6) is 0.127. The molecular weight excluding hydrogens is 424 g/mol. The lowest BCUT2D eigenvalue weighted by Gasteiger charge is -2.34. The van der Waals surface area contributed by atoms with Crippen LogP contribution in [0.4, 0.5) is 0 Å². The molecule has 0 saturated carbocycles. The first kappa shape index (κ1) is 20.3. The number of rotatable bonds is 5. The molecule has 1 aromatic carbocycles. The van der Waals surface area contributed by atoms with Gasteiger partial charge in [0.2, 0.25) is 0 Å². The molecule has 1 saturated heterocycles. The molecule has 0 unspecified atom stereocenters. The summed E-state index contributed by atoms with van der Waals surface area (Å²) < 4.78 is 7.05. The third-order valence-corrected chi connectivity index (χ3v) is 6.40. The summed E-state index contributed by atoms with van der Waals surface area (Å²) in [6.07, 6.45) is 3.33. The van der Waals surface area contributed by atoms with Crippen LogP contribution in [-0.4, -0.2) is 57.6 Å². The van der Waals surface area contributed by atoms with E-state index in [1.807, 2.05) is 58.7 Å². The number of thiophene rings is 1. The standard InChI is InChI=1S/C24H22N4O3S/c29-23(26-10-12-27(13-11-26)24(30)20-8-4-14-31-20)19-17-28(16-18-6-2-1-3-7-18)25-22(19)21-9-5-15-32-21/h1-9,14-15,17H,10-13,16H2. The van der Waals surface area contributed by atoms with Crippen LogP contribution in [0.3, 0.4) is 0 Å². The van der Waals surface area contributed by atoms with Crippen LogP contribution in [0.2, 0.25) is 0 Å². The fourth-order valence-corrected chi connectivity index (χ4v) is 4.59. The maximum Gasteiger partial charge on any atom is 0.289 e. The molecule has 0 radical (unpaired) electrons. The van der Waals surface area contributed by atoms with Gasteiger partial charge >= 0.3 is 0 Å². The van der Waals surface area contributed by atoms with Crippen LogP contribution < -0.4 is 0 Å². The molecule has 1 aliphatic heterocycles. The van der Waals surface area contributed by atoms with Gasteiger partial charge in [-0.3, -0.25) is 14.3 Å². The predicted molar refractivity (Wildman–Crippen MR) is 122 cm³/mol. The molecule has 162 valence electrons. The zero-order valence-corrected chi connectivity index (χ0v) is 18.2. The molecule has 0 aliphatic carbocycles. The van der Waals surface area contributed by atoms with E-state index in [1.54, 1.807) is 33.3 Å². The van der Waals surface area contributed by atoms with Crippen molar-refractivity contribution in [2.45, 2.75) is 6.54 Å². The first-order chi connectivity index (χ1) is 15.7. The quantitative estimate of drug-likeness (QED) is 0.467. The van der Waals surface area contributed by atoms with Crippen molar-refractivity contribution in [3.8, 4) is 10.6 Å². The minimum absolute atomic E-state index is 0.0576. The molecular formula is C24H22N4O3S. The van der Waals surface area contributed by atoms with Crippen LogP contribution in [0, 0.1) is 0 Å². The number of hydrogen-bond acceptors (Lipinski definition) is 5. The highest BCUT2D eigenvalue weighted by Gasteiger charge is 2.29. The number of carbonyl (C=O) groups excluding carboxylic acids is 2. The van der Waals surface area contributed by atoms with Gasteiger partial charge in [-0.25, -0.2) is 0 Å². The normalized spacial score (nSPS) is 14.0. The van der Waals surface area contributed by atoms with E-state index in [1.165, 1.54) is 6.26 Å². The Kier molecular flexibility index (Phi) is 5.60. The van der Waals surface area contributed by atoms with E-state index in [0.29, 0.717) is 49.7 Å². The summed E-state index contributed by atoms with van der Waals surface area (Å²) in [6.45, 7) is 2.48. The highest BCUT2D eigenvalue weighted by atomic mass is 32.1. The van der Waals surface area contributed by atoms with Crippen molar-refractivity contribution in [3.05, 3.63) is 89.3 Å². The number of hydrogen-bond donors (Lipinski definition) is 0. The van der Waals surface area contributed by atoms with Crippen LogP contribution in [0.25, 0.3) is 10.6 Å². The second-order valence-corrected chi connectivity index (χ2v) is 8.56. The Morgan fingerprint density at radius 2 is 1.66 bits per heavy atom. The fraction of sp³-hybridized carbons (Fsp3) is 0.208. The van der Waals surface area contributed by atoms with Crippen molar-refractivity contribution in [2.24, 2.45) is 0 Å². The van der Waals surface area contributed by atoms with Crippen molar-refractivity contribution >= 4 is 23.2 Å². The van der Waals surface area contributed by atoms with Crippen molar-refractivity contribution in [1.82, 2.24) is 19.6 Å². The van der Waals surface area contributed by atoms with Crippen molar-refractivity contribution in [3.63, 3.8) is 0 Å². The van der Waals surface area contributed by atoms with Gasteiger partial charge in [0.1, 0.15) is 5.69 Å². The second-order valence-electron chi connectivity index (χ2n) is 7.61. The Morgan fingerprint density at radius 3 is 2.31 bits per heavy atom. The largest absolute Gasteiger partial charge is 0.459 e. The van der Waals surface area contributed by atoms with Crippen LogP contribution in [0.1, 0.15) is 26.5 Å². The molecule has 0 N–H and O–H groups in total. The molecule has 5 rings (SSSR count). The highest BCUT2D eigenvalue weighted by Crippen LogP contribution is 2.28. The van der Waals surface area contributed by atoms with Crippen LogP contribution in [0.5, 0.6) is 0 Å². The molecule has 4 heterocycles. The first-order valence-corrected chi connectivity index (χ1v) is 11.3. The average Bonchev–Trinajstić information content (AvgIpc) is 3.61. The molecule has 0 bridgehead atoms. The molecule has 2 amide bonds. The summed E-state index contributed by atoms with van der Waals surface area (Å²) in [5.41, 5.74) is 2.42. The molecule has 32 heavy (non-hydrogen) atoms. The summed E-state index contributed by atoms with van der Waals surface area (Å²) in [4.78, 5) is 30.4. The van der Waals surface area contributed by atoms with Crippen molar-refractivity contribution in [2.75, 3.05) is 26.2 Å². The SMILES string of the molecule is O=C(c1ccco1)N1CCN(C(=O)c2cn(Cc3ccccc3)nc2-c2cccs2)CC1. The molecule has 1 fully saturated rings. The molecule has 4 aromatic rings. The number of furan rings is 1. The van der Waals surface area contributed by atoms with E-state index in [2.05, 4.69) is 0 Å². The van der Waals surface area contributed by atoms with Crippen LogP contribution in [0.15, 0.2) is 76.9 Å². The van der Waals surface area contributed by atoms with E-state index >= 15 is 0 Å². The lowest BCUT2D eigenvalue weighted by atomic mass is 10.1. The van der Waals surface area contributed by atoms with E-state index in [0.717, 1.165) is 10.4 Å². The van der Waals surface area contributed by atoms with Gasteiger partial charge in [-0.1, -0.05) is 36.4 Å². The third-order valence-electron chi connectivity index (χ3n) is 5.52. The van der Waals surface area contributed by atoms with Crippen molar-refractivity contribution in [1.29, 1.82) is 0 Å². The van der Waals surface area contributed by atoms with E-state index < -0.39 is 0 Å². The molecule has 7 nitrogen and oxygen atoms in total. The number of aromatic nitrogens is 2. The Hall–Kier alpha value is -3.65. The summed E-state index contributed by atoms with van der Waals surface area (Å²) in [6, 6.07) is 17.4. The minimum Gasteiger partial charge on any atom is -0.459 e. The van der Waals surface area contributed by atoms with Gasteiger partial charge in [0.15, 0.2) is 5.76 Å². The molecule has 1 aliphatic rings. The van der Waals surface area contributed by atoms with Gasteiger partial charge in [-0.2, -0.15) is 5.10 Å². The number of nitrogens with zero attached hydrogens (tertiary/aromatic N) is 4. The molecule has 0 spiro atoms. The zero-order valence-electron chi connectivity index (χ0n) is 17.4. The van der Waals surface area contributed by atoms with Gasteiger partial charge in [0, 0.05) is 32.4 Å². The van der Waals surface area contributed by atoms with E-state index in [-0.39, 0.29) is 11.8 Å². The van der Waals surface area contributed by atoms with Crippen LogP contribution in [-0.2, 0) is 6.54 Å². The Balaban J connectivity index is 1.34. The Morgan fingerprint density at radius 1 is 0.906 bits per heavy atom. The monoisotopic (exact) mass is 446 g/mol.